The molecule has 57 heavy (non-hydrogen) atoms. The van der Waals surface area contributed by atoms with Crippen molar-refractivity contribution in [3.8, 4) is 0 Å². The second kappa shape index (κ2) is 38.6. The number of aliphatic hydroxyl groups excluding tert-OH is 5. The van der Waals surface area contributed by atoms with Gasteiger partial charge in [0.15, 0.2) is 6.29 Å². The Bertz CT molecular complexity index is 987. The van der Waals surface area contributed by atoms with E-state index in [2.05, 4.69) is 43.5 Å². The maximum absolute atomic E-state index is 13.0. The van der Waals surface area contributed by atoms with Crippen molar-refractivity contribution in [2.24, 2.45) is 0 Å². The quantitative estimate of drug-likeness (QED) is 0.0266. The minimum atomic E-state index is -1.57. The number of ether oxygens (including phenoxy) is 2. The van der Waals surface area contributed by atoms with Crippen LogP contribution < -0.4 is 5.32 Å². The van der Waals surface area contributed by atoms with Crippen LogP contribution in [0.1, 0.15) is 206 Å². The van der Waals surface area contributed by atoms with Gasteiger partial charge in [-0.2, -0.15) is 0 Å². The third kappa shape index (κ3) is 29.3. The molecule has 0 bridgehead atoms. The Morgan fingerprint density at radius 2 is 1.02 bits per heavy atom. The number of unbranched alkanes of at least 4 members (excludes halogenated alkanes) is 25. The standard InChI is InChI=1S/C48H89NO8/c1-3-5-7-9-11-13-15-17-18-19-20-21-22-23-24-26-28-30-32-34-36-38-44(52)49-41(40-56-48-47(55)46(54)45(53)43(39-50)57-48)42(51)37-35-33-31-29-27-25-16-14-12-10-8-6-4-2/h8,10,17-18,35,37,41-43,45-48,50-51,53-55H,3-7,9,11-16,19-34,36,38-40H2,1-2H3,(H,49,52)/b10-8+,18-17+,37-35+/t41-,42+,43-,45-,46?,47?,48-/m0/s1. The SMILES string of the molecule is CCC/C=C/CCCCCCCC/C=C/[C@@H](O)[C@H](CO[C@H]1O[C@@H](CO)[C@H](O)C(O)C1O)NC(=O)CCCCCCCCCCCCC/C=C/CCCCCCCC. The normalized spacial score (nSPS) is 21.3. The fourth-order valence-corrected chi connectivity index (χ4v) is 7.33. The summed E-state index contributed by atoms with van der Waals surface area (Å²) in [7, 11) is 0. The molecule has 2 unspecified atom stereocenters. The van der Waals surface area contributed by atoms with E-state index >= 15 is 0 Å². The van der Waals surface area contributed by atoms with Crippen LogP contribution in [0.25, 0.3) is 0 Å². The van der Waals surface area contributed by atoms with E-state index in [1.165, 1.54) is 141 Å². The Morgan fingerprint density at radius 3 is 1.49 bits per heavy atom. The molecule has 0 aromatic rings. The average Bonchev–Trinajstić information content (AvgIpc) is 3.21. The Hall–Kier alpha value is -1.59. The van der Waals surface area contributed by atoms with Crippen molar-refractivity contribution in [2.45, 2.75) is 249 Å². The first kappa shape index (κ1) is 53.4. The zero-order valence-corrected chi connectivity index (χ0v) is 36.6. The molecule has 1 fully saturated rings. The highest BCUT2D eigenvalue weighted by Gasteiger charge is 2.44. The van der Waals surface area contributed by atoms with Gasteiger partial charge in [0.05, 0.1) is 25.4 Å². The summed E-state index contributed by atoms with van der Waals surface area (Å²) in [6.45, 7) is 3.71. The van der Waals surface area contributed by atoms with Gasteiger partial charge in [-0.3, -0.25) is 4.79 Å². The molecule has 6 N–H and O–H groups in total. The maximum atomic E-state index is 13.0. The summed E-state index contributed by atoms with van der Waals surface area (Å²) >= 11 is 0. The molecule has 1 rings (SSSR count). The molecule has 1 aliphatic heterocycles. The van der Waals surface area contributed by atoms with E-state index in [0.29, 0.717) is 6.42 Å². The lowest BCUT2D eigenvalue weighted by molar-refractivity contribution is -0.302. The smallest absolute Gasteiger partial charge is 0.220 e. The molecule has 0 aromatic carbocycles. The predicted molar refractivity (Wildman–Crippen MR) is 235 cm³/mol. The average molecular weight is 808 g/mol. The van der Waals surface area contributed by atoms with Crippen LogP contribution >= 0.6 is 0 Å². The summed E-state index contributed by atoms with van der Waals surface area (Å²) in [5.41, 5.74) is 0. The summed E-state index contributed by atoms with van der Waals surface area (Å²) < 4.78 is 11.2. The van der Waals surface area contributed by atoms with E-state index in [1.54, 1.807) is 6.08 Å². The van der Waals surface area contributed by atoms with Crippen molar-refractivity contribution in [3.63, 3.8) is 0 Å². The van der Waals surface area contributed by atoms with Crippen molar-refractivity contribution in [2.75, 3.05) is 13.2 Å². The summed E-state index contributed by atoms with van der Waals surface area (Å²) in [5.74, 6) is -0.181. The molecule has 334 valence electrons. The van der Waals surface area contributed by atoms with Gasteiger partial charge < -0.3 is 40.3 Å². The minimum Gasteiger partial charge on any atom is -0.394 e. The molecule has 0 aliphatic carbocycles. The van der Waals surface area contributed by atoms with Gasteiger partial charge in [0, 0.05) is 6.42 Å². The maximum Gasteiger partial charge on any atom is 0.220 e. The zero-order chi connectivity index (χ0) is 41.6. The number of carbonyl (C=O) groups excluding carboxylic acids is 1. The summed E-state index contributed by atoms with van der Waals surface area (Å²) in [6.07, 6.45) is 40.4. The molecule has 7 atom stereocenters. The van der Waals surface area contributed by atoms with E-state index in [0.717, 1.165) is 44.9 Å². The highest BCUT2D eigenvalue weighted by Crippen LogP contribution is 2.22. The molecule has 1 heterocycles. The fraction of sp³-hybridized carbons (Fsp3) is 0.854. The van der Waals surface area contributed by atoms with E-state index in [4.69, 9.17) is 9.47 Å². The number of hydrogen-bond acceptors (Lipinski definition) is 8. The van der Waals surface area contributed by atoms with Crippen molar-refractivity contribution in [1.29, 1.82) is 0 Å². The second-order valence-corrected chi connectivity index (χ2v) is 16.5. The highest BCUT2D eigenvalue weighted by molar-refractivity contribution is 5.76. The van der Waals surface area contributed by atoms with Crippen LogP contribution in [0, 0.1) is 0 Å². The molecule has 0 aromatic heterocycles. The Balaban J connectivity index is 2.30. The van der Waals surface area contributed by atoms with Gasteiger partial charge in [-0.15, -0.1) is 0 Å². The lowest BCUT2D eigenvalue weighted by Crippen LogP contribution is -2.60. The predicted octanol–water partition coefficient (Wildman–Crippen LogP) is 10.1. The van der Waals surface area contributed by atoms with Gasteiger partial charge in [0.2, 0.25) is 5.91 Å². The molecule has 1 aliphatic rings. The molecule has 0 saturated carbocycles. The minimum absolute atomic E-state index is 0.181. The van der Waals surface area contributed by atoms with Crippen LogP contribution in [0.15, 0.2) is 36.5 Å². The molecular weight excluding hydrogens is 719 g/mol. The van der Waals surface area contributed by atoms with E-state index < -0.39 is 49.5 Å². The Labute approximate surface area is 349 Å². The lowest BCUT2D eigenvalue weighted by atomic mass is 9.99. The van der Waals surface area contributed by atoms with Gasteiger partial charge in [0.1, 0.15) is 24.4 Å². The Kier molecular flexibility index (Phi) is 36.2. The number of hydrogen-bond donors (Lipinski definition) is 6. The first-order chi connectivity index (χ1) is 27.8. The van der Waals surface area contributed by atoms with Gasteiger partial charge in [0.25, 0.3) is 0 Å². The number of nitrogens with one attached hydrogen (secondary N) is 1. The molecule has 9 nitrogen and oxygen atoms in total. The first-order valence-corrected chi connectivity index (χ1v) is 23.7. The van der Waals surface area contributed by atoms with Crippen LogP contribution in [0.3, 0.4) is 0 Å². The van der Waals surface area contributed by atoms with Crippen LogP contribution in [-0.4, -0.2) is 87.5 Å². The molecule has 9 heteroatoms. The van der Waals surface area contributed by atoms with E-state index in [1.807, 2.05) is 6.08 Å². The van der Waals surface area contributed by atoms with Crippen LogP contribution in [-0.2, 0) is 14.3 Å². The van der Waals surface area contributed by atoms with E-state index in [-0.39, 0.29) is 12.5 Å². The third-order valence-electron chi connectivity index (χ3n) is 11.2. The molecular formula is C48H89NO8. The fourth-order valence-electron chi connectivity index (χ4n) is 7.33. The van der Waals surface area contributed by atoms with Gasteiger partial charge in [-0.1, -0.05) is 172 Å². The number of carbonyl (C=O) groups is 1. The summed E-state index contributed by atoms with van der Waals surface area (Å²) in [6, 6.07) is -0.807. The third-order valence-corrected chi connectivity index (χ3v) is 11.2. The van der Waals surface area contributed by atoms with Crippen LogP contribution in [0.4, 0.5) is 0 Å². The monoisotopic (exact) mass is 808 g/mol. The molecule has 1 amide bonds. The molecule has 0 radical (unpaired) electrons. The number of aliphatic hydroxyl groups is 5. The van der Waals surface area contributed by atoms with Gasteiger partial charge in [-0.25, -0.2) is 0 Å². The van der Waals surface area contributed by atoms with Gasteiger partial charge in [-0.05, 0) is 64.2 Å². The van der Waals surface area contributed by atoms with Crippen LogP contribution in [0.5, 0.6) is 0 Å². The number of allylic oxidation sites excluding steroid dienone is 5. The number of rotatable bonds is 39. The molecule has 0 spiro atoms. The first-order valence-electron chi connectivity index (χ1n) is 23.7. The molecule has 1 saturated heterocycles. The van der Waals surface area contributed by atoms with Crippen molar-refractivity contribution < 1.29 is 39.8 Å². The Morgan fingerprint density at radius 1 is 0.579 bits per heavy atom. The zero-order valence-electron chi connectivity index (χ0n) is 36.6. The second-order valence-electron chi connectivity index (χ2n) is 16.5. The van der Waals surface area contributed by atoms with E-state index in [9.17, 15) is 30.3 Å². The van der Waals surface area contributed by atoms with Crippen molar-refractivity contribution >= 4 is 5.91 Å². The number of amides is 1. The highest BCUT2D eigenvalue weighted by atomic mass is 16.7. The van der Waals surface area contributed by atoms with Crippen LogP contribution in [0.2, 0.25) is 0 Å². The van der Waals surface area contributed by atoms with Crippen molar-refractivity contribution in [1.82, 2.24) is 5.32 Å². The van der Waals surface area contributed by atoms with Gasteiger partial charge >= 0.3 is 0 Å². The lowest BCUT2D eigenvalue weighted by Gasteiger charge is -2.40. The topological polar surface area (TPSA) is 149 Å². The van der Waals surface area contributed by atoms with Crippen molar-refractivity contribution in [3.05, 3.63) is 36.5 Å². The summed E-state index contributed by atoms with van der Waals surface area (Å²) in [5, 5.41) is 54.2. The largest absolute Gasteiger partial charge is 0.394 e. The summed E-state index contributed by atoms with van der Waals surface area (Å²) in [4.78, 5) is 13.0.